The first-order valence-electron chi connectivity index (χ1n) is 6.79. The zero-order valence-electron chi connectivity index (χ0n) is 12.4. The lowest BCUT2D eigenvalue weighted by atomic mass is 10.1. The molecule has 0 bridgehead atoms. The fraction of sp³-hybridized carbons (Fsp3) is 0.167. The van der Waals surface area contributed by atoms with Crippen LogP contribution in [0.3, 0.4) is 0 Å². The summed E-state index contributed by atoms with van der Waals surface area (Å²) < 4.78 is 54.7. The van der Waals surface area contributed by atoms with Gasteiger partial charge in [0.25, 0.3) is 10.0 Å². The average molecular weight is 385 g/mol. The van der Waals surface area contributed by atoms with Crippen molar-refractivity contribution in [1.29, 1.82) is 0 Å². The van der Waals surface area contributed by atoms with Crippen LogP contribution in [0.15, 0.2) is 35.4 Å². The molecular weight excluding hydrogens is 374 g/mol. The number of anilines is 1. The molecule has 2 heterocycles. The molecule has 0 unspecified atom stereocenters. The molecule has 0 atom stereocenters. The maximum Gasteiger partial charge on any atom is 0.334 e. The average Bonchev–Trinajstić information content (AvgIpc) is 2.53. The number of hydrogen-bond acceptors (Lipinski definition) is 9. The predicted octanol–water partition coefficient (Wildman–Crippen LogP) is -0.353. The number of amides is 2. The van der Waals surface area contributed by atoms with E-state index >= 15 is 0 Å². The van der Waals surface area contributed by atoms with Crippen molar-refractivity contribution in [2.75, 3.05) is 11.1 Å². The second-order valence-electron chi connectivity index (χ2n) is 4.91. The summed E-state index contributed by atoms with van der Waals surface area (Å²) in [6.45, 7) is 0. The van der Waals surface area contributed by atoms with Gasteiger partial charge >= 0.3 is 16.1 Å². The summed E-state index contributed by atoms with van der Waals surface area (Å²) >= 11 is 0. The van der Waals surface area contributed by atoms with Gasteiger partial charge in [-0.3, -0.25) is 5.32 Å². The predicted molar refractivity (Wildman–Crippen MR) is 83.7 cm³/mol. The number of hydrogen-bond donors (Lipinski definition) is 2. The van der Waals surface area contributed by atoms with E-state index in [1.165, 1.54) is 18.3 Å². The Morgan fingerprint density at radius 1 is 1.24 bits per heavy atom. The summed E-state index contributed by atoms with van der Waals surface area (Å²) in [6.07, 6.45) is 1.36. The number of aromatic nitrogens is 3. The summed E-state index contributed by atoms with van der Waals surface area (Å²) in [6, 6.07) is 4.33. The molecule has 0 aliphatic carbocycles. The first-order valence-corrected chi connectivity index (χ1v) is 9.85. The van der Waals surface area contributed by atoms with E-state index < -0.39 is 31.1 Å². The fourth-order valence-corrected chi connectivity index (χ4v) is 4.23. The number of aryl methyl sites for hydroxylation is 1. The normalized spacial score (nSPS) is 15.5. The molecule has 132 valence electrons. The third-order valence-electron chi connectivity index (χ3n) is 3.15. The van der Waals surface area contributed by atoms with Crippen molar-refractivity contribution in [2.45, 2.75) is 11.3 Å². The van der Waals surface area contributed by atoms with Crippen LogP contribution in [0.4, 0.5) is 10.6 Å². The number of nitrogens with zero attached hydrogens (tertiary/aromatic N) is 3. The number of sulfonamides is 1. The molecule has 11 nitrogen and oxygen atoms in total. The minimum Gasteiger partial charge on any atom is -0.381 e. The van der Waals surface area contributed by atoms with Gasteiger partial charge < -0.3 is 4.18 Å². The van der Waals surface area contributed by atoms with Crippen LogP contribution in [0.25, 0.3) is 0 Å². The van der Waals surface area contributed by atoms with Crippen LogP contribution in [-0.2, 0) is 26.6 Å². The third kappa shape index (κ3) is 3.83. The van der Waals surface area contributed by atoms with Crippen LogP contribution in [0.5, 0.6) is 5.75 Å². The molecule has 2 aromatic rings. The lowest BCUT2D eigenvalue weighted by Gasteiger charge is -2.19. The number of benzene rings is 1. The molecule has 13 heteroatoms. The Bertz CT molecular complexity index is 1020. The summed E-state index contributed by atoms with van der Waals surface area (Å²) in [5.41, 5.74) is 0.415. The minimum atomic E-state index is -4.39. The first kappa shape index (κ1) is 17.0. The molecule has 0 spiro atoms. The van der Waals surface area contributed by atoms with Crippen LogP contribution in [-0.4, -0.2) is 44.0 Å². The Morgan fingerprint density at radius 3 is 2.76 bits per heavy atom. The smallest absolute Gasteiger partial charge is 0.334 e. The Morgan fingerprint density at radius 2 is 2.04 bits per heavy atom. The Labute approximate surface area is 142 Å². The topological polar surface area (TPSA) is 157 Å². The molecule has 0 radical (unpaired) electrons. The maximum absolute atomic E-state index is 12.4. The molecule has 1 aliphatic rings. The number of para-hydroxylation sites is 1. The molecule has 1 aromatic heterocycles. The van der Waals surface area contributed by atoms with Crippen molar-refractivity contribution in [3.05, 3.63) is 36.0 Å². The number of fused-ring (bicyclic) bond motifs is 1. The van der Waals surface area contributed by atoms with Crippen molar-refractivity contribution in [3.8, 4) is 5.75 Å². The summed E-state index contributed by atoms with van der Waals surface area (Å²) in [5, 5.41) is 12.3. The maximum atomic E-state index is 12.4. The van der Waals surface area contributed by atoms with Crippen LogP contribution >= 0.6 is 0 Å². The SMILES string of the molecule is O=C(Nc1ccnnn1)NS(=O)(=O)c1cccc2c1OS(=O)(=O)CC2. The van der Waals surface area contributed by atoms with E-state index in [0.717, 1.165) is 6.07 Å². The van der Waals surface area contributed by atoms with E-state index in [9.17, 15) is 21.6 Å². The lowest BCUT2D eigenvalue weighted by Crippen LogP contribution is -2.35. The number of carbonyl (C=O) groups excluding carboxylic acids is 1. The highest BCUT2D eigenvalue weighted by Crippen LogP contribution is 2.33. The number of urea groups is 1. The molecule has 2 amide bonds. The highest BCUT2D eigenvalue weighted by atomic mass is 32.2. The second-order valence-corrected chi connectivity index (χ2v) is 8.25. The van der Waals surface area contributed by atoms with Crippen molar-refractivity contribution in [1.82, 2.24) is 20.1 Å². The van der Waals surface area contributed by atoms with Crippen molar-refractivity contribution >= 4 is 32.0 Å². The van der Waals surface area contributed by atoms with Gasteiger partial charge in [-0.05, 0) is 23.3 Å². The van der Waals surface area contributed by atoms with E-state index in [-0.39, 0.29) is 23.7 Å². The molecule has 0 fully saturated rings. The fourth-order valence-electron chi connectivity index (χ4n) is 2.09. The van der Waals surface area contributed by atoms with Gasteiger partial charge in [0.1, 0.15) is 4.90 Å². The standard InChI is InChI=1S/C12H11N5O6S2/c18-12(14-10-4-6-13-17-15-10)16-25(21,22)9-3-1-2-8-5-7-24(19,20)23-11(8)9/h1-4,6H,5,7H2,(H2,13,14,15,16,18). The van der Waals surface area contributed by atoms with E-state index in [1.807, 2.05) is 0 Å². The van der Waals surface area contributed by atoms with E-state index in [2.05, 4.69) is 20.7 Å². The third-order valence-corrected chi connectivity index (χ3v) is 5.63. The monoisotopic (exact) mass is 385 g/mol. The van der Waals surface area contributed by atoms with Gasteiger partial charge in [-0.25, -0.2) is 17.9 Å². The van der Waals surface area contributed by atoms with Gasteiger partial charge in [0.2, 0.25) is 0 Å². The summed E-state index contributed by atoms with van der Waals surface area (Å²) in [5.74, 6) is -0.577. The van der Waals surface area contributed by atoms with E-state index in [0.29, 0.717) is 5.56 Å². The van der Waals surface area contributed by atoms with Crippen LogP contribution in [0.2, 0.25) is 0 Å². The molecule has 1 aliphatic heterocycles. The molecule has 3 rings (SSSR count). The number of nitrogens with one attached hydrogen (secondary N) is 2. The van der Waals surface area contributed by atoms with E-state index in [1.54, 1.807) is 10.8 Å². The number of rotatable bonds is 3. The van der Waals surface area contributed by atoms with Gasteiger partial charge in [0.15, 0.2) is 11.6 Å². The van der Waals surface area contributed by atoms with Crippen LogP contribution in [0.1, 0.15) is 5.56 Å². The van der Waals surface area contributed by atoms with Crippen LogP contribution < -0.4 is 14.2 Å². The van der Waals surface area contributed by atoms with Gasteiger partial charge in [-0.15, -0.1) is 10.2 Å². The summed E-state index contributed by atoms with van der Waals surface area (Å²) in [7, 11) is -8.26. The Hall–Kier alpha value is -2.80. The summed E-state index contributed by atoms with van der Waals surface area (Å²) in [4.78, 5) is 11.4. The quantitative estimate of drug-likeness (QED) is 0.673. The van der Waals surface area contributed by atoms with Gasteiger partial charge in [-0.2, -0.15) is 8.42 Å². The van der Waals surface area contributed by atoms with Crippen molar-refractivity contribution in [2.24, 2.45) is 0 Å². The Balaban J connectivity index is 1.87. The molecular formula is C12H11N5O6S2. The van der Waals surface area contributed by atoms with Crippen molar-refractivity contribution < 1.29 is 25.8 Å². The van der Waals surface area contributed by atoms with Crippen LogP contribution in [0, 0.1) is 0 Å². The van der Waals surface area contributed by atoms with Gasteiger partial charge in [-0.1, -0.05) is 12.1 Å². The first-order chi connectivity index (χ1) is 11.8. The van der Waals surface area contributed by atoms with Crippen molar-refractivity contribution in [3.63, 3.8) is 0 Å². The lowest BCUT2D eigenvalue weighted by molar-refractivity contribution is 0.256. The second kappa shape index (κ2) is 6.25. The Kier molecular flexibility index (Phi) is 4.26. The minimum absolute atomic E-state index is 0.0170. The highest BCUT2D eigenvalue weighted by Gasteiger charge is 2.30. The highest BCUT2D eigenvalue weighted by molar-refractivity contribution is 7.90. The molecule has 0 saturated heterocycles. The molecule has 25 heavy (non-hydrogen) atoms. The zero-order valence-corrected chi connectivity index (χ0v) is 14.0. The zero-order chi connectivity index (χ0) is 18.1. The largest absolute Gasteiger partial charge is 0.381 e. The van der Waals surface area contributed by atoms with Gasteiger partial charge in [0.05, 0.1) is 11.9 Å². The molecule has 1 aromatic carbocycles. The number of carbonyl (C=O) groups is 1. The van der Waals surface area contributed by atoms with Gasteiger partial charge in [0, 0.05) is 6.07 Å². The van der Waals surface area contributed by atoms with E-state index in [4.69, 9.17) is 4.18 Å². The molecule has 0 saturated carbocycles. The molecule has 2 N–H and O–H groups in total.